The van der Waals surface area contributed by atoms with E-state index in [-0.39, 0.29) is 22.9 Å². The van der Waals surface area contributed by atoms with Crippen molar-refractivity contribution in [2.45, 2.75) is 104 Å². The van der Waals surface area contributed by atoms with E-state index in [1.807, 2.05) is 0 Å². The lowest BCUT2D eigenvalue weighted by Gasteiger charge is -2.62. The highest BCUT2D eigenvalue weighted by atomic mass is 16.6. The van der Waals surface area contributed by atoms with Gasteiger partial charge in [0.2, 0.25) is 0 Å². The second-order valence-electron chi connectivity index (χ2n) is 11.9. The van der Waals surface area contributed by atoms with Gasteiger partial charge in [0.1, 0.15) is 11.9 Å². The number of carbonyl (C=O) groups is 2. The van der Waals surface area contributed by atoms with Gasteiger partial charge in [0, 0.05) is 25.2 Å². The zero-order chi connectivity index (χ0) is 21.4. The van der Waals surface area contributed by atoms with Crippen LogP contribution >= 0.6 is 0 Å². The van der Waals surface area contributed by atoms with Crippen molar-refractivity contribution >= 4 is 11.8 Å². The Hall–Kier alpha value is -0.900. The molecule has 4 nitrogen and oxygen atoms in total. The first-order chi connectivity index (χ1) is 14.2. The normalized spacial score (nSPS) is 54.7. The Morgan fingerprint density at radius 1 is 1.17 bits per heavy atom. The van der Waals surface area contributed by atoms with Crippen LogP contribution < -0.4 is 0 Å². The molecule has 168 valence electrons. The molecule has 4 saturated carbocycles. The lowest BCUT2D eigenvalue weighted by atomic mass is 9.42. The summed E-state index contributed by atoms with van der Waals surface area (Å²) in [6.07, 6.45) is 9.18. The summed E-state index contributed by atoms with van der Waals surface area (Å²) in [4.78, 5) is 24.3. The first-order valence-electron chi connectivity index (χ1n) is 12.5. The summed E-state index contributed by atoms with van der Waals surface area (Å²) < 4.78 is 12.1. The fraction of sp³-hybridized carbons (Fsp3) is 0.923. The van der Waals surface area contributed by atoms with E-state index < -0.39 is 0 Å². The van der Waals surface area contributed by atoms with Gasteiger partial charge in [-0.05, 0) is 79.4 Å². The predicted molar refractivity (Wildman–Crippen MR) is 115 cm³/mol. The number of Topliss-reactive ketones (excluding diaryl/α,β-unsaturated/α-hetero) is 1. The van der Waals surface area contributed by atoms with Crippen molar-refractivity contribution in [3.8, 4) is 0 Å². The molecular weight excluding hydrogens is 376 g/mol. The molecule has 1 heterocycles. The van der Waals surface area contributed by atoms with Crippen LogP contribution in [0.5, 0.6) is 0 Å². The van der Waals surface area contributed by atoms with Crippen LogP contribution in [0.15, 0.2) is 0 Å². The van der Waals surface area contributed by atoms with Gasteiger partial charge in [-0.25, -0.2) is 0 Å². The molecule has 5 rings (SSSR count). The molecular formula is C26H40O4. The van der Waals surface area contributed by atoms with Crippen molar-refractivity contribution in [1.82, 2.24) is 0 Å². The molecule has 0 aromatic rings. The molecule has 4 aliphatic carbocycles. The highest BCUT2D eigenvalue weighted by Gasteiger charge is 2.67. The molecule has 0 spiro atoms. The maximum Gasteiger partial charge on any atom is 0.302 e. The van der Waals surface area contributed by atoms with Gasteiger partial charge in [0.25, 0.3) is 0 Å². The van der Waals surface area contributed by atoms with Crippen LogP contribution in [0.1, 0.15) is 86.0 Å². The van der Waals surface area contributed by atoms with Gasteiger partial charge < -0.3 is 9.47 Å². The first kappa shape index (κ1) is 21.0. The van der Waals surface area contributed by atoms with E-state index in [1.54, 1.807) is 6.92 Å². The number of fused-ring (bicyclic) bond motifs is 5. The van der Waals surface area contributed by atoms with Crippen molar-refractivity contribution in [1.29, 1.82) is 0 Å². The van der Waals surface area contributed by atoms with Crippen molar-refractivity contribution < 1.29 is 19.1 Å². The largest absolute Gasteiger partial charge is 0.462 e. The maximum atomic E-state index is 12.4. The highest BCUT2D eigenvalue weighted by molar-refractivity contribution is 5.80. The fourth-order valence-corrected chi connectivity index (χ4v) is 9.18. The molecule has 4 heteroatoms. The van der Waals surface area contributed by atoms with Crippen molar-refractivity contribution in [2.24, 2.45) is 46.3 Å². The third-order valence-electron chi connectivity index (χ3n) is 10.8. The smallest absolute Gasteiger partial charge is 0.302 e. The van der Waals surface area contributed by atoms with Crippen LogP contribution in [0.4, 0.5) is 0 Å². The van der Waals surface area contributed by atoms with Gasteiger partial charge in [-0.2, -0.15) is 0 Å². The molecule has 0 radical (unpaired) electrons. The highest BCUT2D eigenvalue weighted by Crippen LogP contribution is 2.69. The van der Waals surface area contributed by atoms with Gasteiger partial charge in [-0.3, -0.25) is 9.59 Å². The molecule has 0 aromatic heterocycles. The van der Waals surface area contributed by atoms with Crippen molar-refractivity contribution in [2.75, 3.05) is 0 Å². The van der Waals surface area contributed by atoms with Gasteiger partial charge >= 0.3 is 5.97 Å². The minimum absolute atomic E-state index is 0.0311. The van der Waals surface area contributed by atoms with Crippen LogP contribution in [-0.4, -0.2) is 30.1 Å². The number of rotatable bonds is 3. The number of esters is 1. The fourth-order valence-electron chi connectivity index (χ4n) is 9.18. The summed E-state index contributed by atoms with van der Waals surface area (Å²) >= 11 is 0. The van der Waals surface area contributed by atoms with Gasteiger partial charge in [0.15, 0.2) is 0 Å². The average Bonchev–Trinajstić information content (AvgIpc) is 3.40. The van der Waals surface area contributed by atoms with Gasteiger partial charge in [-0.15, -0.1) is 0 Å². The minimum Gasteiger partial charge on any atom is -0.462 e. The zero-order valence-electron chi connectivity index (χ0n) is 19.5. The summed E-state index contributed by atoms with van der Waals surface area (Å²) in [6, 6.07) is 0. The molecule has 1 aliphatic heterocycles. The monoisotopic (exact) mass is 416 g/mol. The lowest BCUT2D eigenvalue weighted by molar-refractivity contribution is -0.169. The molecule has 5 fully saturated rings. The van der Waals surface area contributed by atoms with Crippen LogP contribution in [0, 0.1) is 46.3 Å². The van der Waals surface area contributed by atoms with Crippen LogP contribution in [0.2, 0.25) is 0 Å². The van der Waals surface area contributed by atoms with Crippen LogP contribution in [0.25, 0.3) is 0 Å². The molecule has 30 heavy (non-hydrogen) atoms. The Kier molecular flexibility index (Phi) is 4.93. The standard InChI is InChI=1S/C26H40O4/c1-6-21-24(30-21)19-13-22(29-15(3)27)25(4)10-9-20-18(23(19)25)8-7-16-12-17(28)11-14(2)26(16,20)5/h14,16,18-24H,6-13H2,1-5H3/t14-,16-,18+,19-,20-,21?,22-,23+,24?,25+,26-/m0/s1. The number of hydrogen-bond donors (Lipinski definition) is 0. The maximum absolute atomic E-state index is 12.4. The second kappa shape index (κ2) is 7.05. The van der Waals surface area contributed by atoms with E-state index in [2.05, 4.69) is 27.7 Å². The third kappa shape index (κ3) is 2.88. The lowest BCUT2D eigenvalue weighted by Crippen LogP contribution is -2.57. The Morgan fingerprint density at radius 2 is 1.93 bits per heavy atom. The van der Waals surface area contributed by atoms with E-state index in [9.17, 15) is 9.59 Å². The first-order valence-corrected chi connectivity index (χ1v) is 12.5. The molecule has 0 N–H and O–H groups in total. The Labute approximate surface area is 181 Å². The molecule has 0 amide bonds. The Morgan fingerprint density at radius 3 is 2.60 bits per heavy atom. The Balaban J connectivity index is 1.49. The van der Waals surface area contributed by atoms with E-state index in [0.29, 0.717) is 53.5 Å². The third-order valence-corrected chi connectivity index (χ3v) is 10.8. The predicted octanol–water partition coefficient (Wildman–Crippen LogP) is 5.18. The molecule has 0 aromatic carbocycles. The van der Waals surface area contributed by atoms with Crippen molar-refractivity contribution in [3.05, 3.63) is 0 Å². The second-order valence-corrected chi connectivity index (χ2v) is 11.9. The summed E-state index contributed by atoms with van der Waals surface area (Å²) in [6.45, 7) is 11.0. The average molecular weight is 417 g/mol. The van der Waals surface area contributed by atoms with Crippen LogP contribution in [-0.2, 0) is 19.1 Å². The summed E-state index contributed by atoms with van der Waals surface area (Å²) in [5.41, 5.74) is 0.343. The Bertz CT molecular complexity index is 733. The SMILES string of the molecule is CCC1OC1[C@H]1C[C@H](OC(C)=O)[C@@]2(C)CC[C@H]3[C@@H](CC[C@H]4CC(=O)C[C@H](C)[C@@]43C)[C@H]12. The topological polar surface area (TPSA) is 55.9 Å². The van der Waals surface area contributed by atoms with E-state index in [1.165, 1.54) is 19.3 Å². The van der Waals surface area contributed by atoms with Crippen molar-refractivity contribution in [3.63, 3.8) is 0 Å². The number of epoxide rings is 1. The number of hydrogen-bond acceptors (Lipinski definition) is 4. The summed E-state index contributed by atoms with van der Waals surface area (Å²) in [7, 11) is 0. The van der Waals surface area contributed by atoms with Gasteiger partial charge in [0.05, 0.1) is 12.2 Å². The van der Waals surface area contributed by atoms with E-state index >= 15 is 0 Å². The quantitative estimate of drug-likeness (QED) is 0.470. The van der Waals surface area contributed by atoms with E-state index in [4.69, 9.17) is 9.47 Å². The van der Waals surface area contributed by atoms with Crippen LogP contribution in [0.3, 0.4) is 0 Å². The number of carbonyl (C=O) groups excluding carboxylic acids is 2. The van der Waals surface area contributed by atoms with Gasteiger partial charge in [-0.1, -0.05) is 27.7 Å². The number of ketones is 1. The molecule has 11 atom stereocenters. The summed E-state index contributed by atoms with van der Waals surface area (Å²) in [5, 5.41) is 0. The molecule has 1 saturated heterocycles. The zero-order valence-corrected chi connectivity index (χ0v) is 19.5. The number of ether oxygens (including phenoxy) is 2. The summed E-state index contributed by atoms with van der Waals surface area (Å²) in [5.74, 6) is 3.83. The van der Waals surface area contributed by atoms with E-state index in [0.717, 1.165) is 32.1 Å². The molecule has 0 bridgehead atoms. The minimum atomic E-state index is -0.137. The molecule has 5 aliphatic rings. The molecule has 2 unspecified atom stereocenters.